The van der Waals surface area contributed by atoms with Crippen LogP contribution in [0.4, 0.5) is 5.82 Å². The fourth-order valence-electron chi connectivity index (χ4n) is 2.51. The number of aromatic nitrogens is 3. The van der Waals surface area contributed by atoms with E-state index >= 15 is 0 Å². The zero-order valence-electron chi connectivity index (χ0n) is 12.3. The number of nitrogens with two attached hydrogens (primary N) is 1. The predicted octanol–water partition coefficient (Wildman–Crippen LogP) is 2.18. The Balaban J connectivity index is 1.79. The molecular formula is C16H19N5. The lowest BCUT2D eigenvalue weighted by atomic mass is 10.1. The summed E-state index contributed by atoms with van der Waals surface area (Å²) in [6, 6.07) is 10.2. The fraction of sp³-hybridized carbons (Fsp3) is 0.250. The maximum atomic E-state index is 6.08. The van der Waals surface area contributed by atoms with Crippen molar-refractivity contribution in [3.05, 3.63) is 53.9 Å². The monoisotopic (exact) mass is 281 g/mol. The highest BCUT2D eigenvalue weighted by molar-refractivity contribution is 5.81. The largest absolute Gasteiger partial charge is 0.383 e. The van der Waals surface area contributed by atoms with E-state index < -0.39 is 0 Å². The maximum absolute atomic E-state index is 6.08. The summed E-state index contributed by atoms with van der Waals surface area (Å²) in [5.74, 6) is 0.603. The number of benzene rings is 1. The molecule has 0 saturated heterocycles. The number of para-hydroxylation sites is 1. The van der Waals surface area contributed by atoms with Gasteiger partial charge in [-0.25, -0.2) is 4.98 Å². The lowest BCUT2D eigenvalue weighted by Crippen LogP contribution is -2.18. The molecule has 0 saturated carbocycles. The van der Waals surface area contributed by atoms with Gasteiger partial charge in [0.05, 0.1) is 11.7 Å². The Morgan fingerprint density at radius 1 is 1.24 bits per heavy atom. The first-order valence-electron chi connectivity index (χ1n) is 6.92. The molecule has 5 heteroatoms. The molecule has 0 aliphatic rings. The Bertz CT molecular complexity index is 762. The number of aryl methyl sites for hydroxylation is 1. The first-order valence-corrected chi connectivity index (χ1v) is 6.92. The minimum atomic E-state index is 0.603. The fourth-order valence-corrected chi connectivity index (χ4v) is 2.51. The van der Waals surface area contributed by atoms with Crippen molar-refractivity contribution in [2.75, 3.05) is 12.8 Å². The van der Waals surface area contributed by atoms with Gasteiger partial charge in [0.1, 0.15) is 5.82 Å². The van der Waals surface area contributed by atoms with Crippen LogP contribution in [0.5, 0.6) is 0 Å². The van der Waals surface area contributed by atoms with Crippen molar-refractivity contribution < 1.29 is 0 Å². The summed E-state index contributed by atoms with van der Waals surface area (Å²) in [6.45, 7) is 1.60. The molecule has 0 aliphatic carbocycles. The van der Waals surface area contributed by atoms with Crippen LogP contribution in [0.15, 0.2) is 42.7 Å². The Morgan fingerprint density at radius 3 is 2.81 bits per heavy atom. The van der Waals surface area contributed by atoms with Crippen LogP contribution in [-0.4, -0.2) is 26.7 Å². The van der Waals surface area contributed by atoms with Crippen LogP contribution >= 0.6 is 0 Å². The molecule has 108 valence electrons. The standard InChI is InChI=1S/C16H19N5/c1-20(9-12-8-18-21(2)10-12)11-14-7-13-5-3-4-6-15(13)19-16(14)17/h3-8,10H,9,11H2,1-2H3,(H2,17,19). The van der Waals surface area contributed by atoms with Gasteiger partial charge in [-0.1, -0.05) is 18.2 Å². The molecule has 0 aliphatic heterocycles. The van der Waals surface area contributed by atoms with Gasteiger partial charge in [0.25, 0.3) is 0 Å². The quantitative estimate of drug-likeness (QED) is 0.796. The summed E-state index contributed by atoms with van der Waals surface area (Å²) in [5, 5.41) is 5.31. The molecule has 0 amide bonds. The van der Waals surface area contributed by atoms with Gasteiger partial charge >= 0.3 is 0 Å². The predicted molar refractivity (Wildman–Crippen MR) is 84.5 cm³/mol. The van der Waals surface area contributed by atoms with Gasteiger partial charge in [0.2, 0.25) is 0 Å². The SMILES string of the molecule is CN(Cc1cnn(C)c1)Cc1cc2ccccc2nc1N. The number of rotatable bonds is 4. The third kappa shape index (κ3) is 3.03. The zero-order valence-corrected chi connectivity index (χ0v) is 12.3. The summed E-state index contributed by atoms with van der Waals surface area (Å²) in [7, 11) is 4.00. The van der Waals surface area contributed by atoms with Crippen molar-refractivity contribution in [3.8, 4) is 0 Å². The van der Waals surface area contributed by atoms with Crippen LogP contribution in [0.2, 0.25) is 0 Å². The van der Waals surface area contributed by atoms with Gasteiger partial charge < -0.3 is 5.73 Å². The van der Waals surface area contributed by atoms with Crippen LogP contribution in [0.1, 0.15) is 11.1 Å². The van der Waals surface area contributed by atoms with Crippen LogP contribution in [-0.2, 0) is 20.1 Å². The minimum absolute atomic E-state index is 0.603. The molecule has 5 nitrogen and oxygen atoms in total. The third-order valence-electron chi connectivity index (χ3n) is 3.49. The highest BCUT2D eigenvalue weighted by atomic mass is 15.2. The number of nitrogens with zero attached hydrogens (tertiary/aromatic N) is 4. The zero-order chi connectivity index (χ0) is 14.8. The lowest BCUT2D eigenvalue weighted by Gasteiger charge is -2.17. The Hall–Kier alpha value is -2.40. The van der Waals surface area contributed by atoms with Crippen molar-refractivity contribution in [2.24, 2.45) is 7.05 Å². The molecule has 0 bridgehead atoms. The van der Waals surface area contributed by atoms with E-state index in [4.69, 9.17) is 5.73 Å². The topological polar surface area (TPSA) is 60.0 Å². The summed E-state index contributed by atoms with van der Waals surface area (Å²) in [5.41, 5.74) is 9.26. The molecule has 0 atom stereocenters. The summed E-state index contributed by atoms with van der Waals surface area (Å²) in [6.07, 6.45) is 3.91. The van der Waals surface area contributed by atoms with E-state index in [1.807, 2.05) is 42.3 Å². The van der Waals surface area contributed by atoms with E-state index in [1.54, 1.807) is 0 Å². The Labute approximate surface area is 124 Å². The Kier molecular flexibility index (Phi) is 3.58. The van der Waals surface area contributed by atoms with Crippen molar-refractivity contribution in [1.82, 2.24) is 19.7 Å². The second-order valence-corrected chi connectivity index (χ2v) is 5.42. The highest BCUT2D eigenvalue weighted by Gasteiger charge is 2.08. The van der Waals surface area contributed by atoms with E-state index in [9.17, 15) is 0 Å². The van der Waals surface area contributed by atoms with Crippen molar-refractivity contribution in [1.29, 1.82) is 0 Å². The van der Waals surface area contributed by atoms with Crippen molar-refractivity contribution in [2.45, 2.75) is 13.1 Å². The molecule has 0 radical (unpaired) electrons. The maximum Gasteiger partial charge on any atom is 0.128 e. The summed E-state index contributed by atoms with van der Waals surface area (Å²) in [4.78, 5) is 6.68. The number of pyridine rings is 1. The second-order valence-electron chi connectivity index (χ2n) is 5.42. The molecule has 2 N–H and O–H groups in total. The first kappa shape index (κ1) is 13.6. The molecule has 0 fully saturated rings. The van der Waals surface area contributed by atoms with Gasteiger partial charge in [-0.15, -0.1) is 0 Å². The normalized spacial score (nSPS) is 11.4. The summed E-state index contributed by atoms with van der Waals surface area (Å²) >= 11 is 0. The number of hydrogen-bond donors (Lipinski definition) is 1. The average molecular weight is 281 g/mol. The van der Waals surface area contributed by atoms with Gasteiger partial charge in [-0.3, -0.25) is 9.58 Å². The molecule has 21 heavy (non-hydrogen) atoms. The first-order chi connectivity index (χ1) is 10.1. The Morgan fingerprint density at radius 2 is 2.05 bits per heavy atom. The van der Waals surface area contributed by atoms with Gasteiger partial charge in [-0.2, -0.15) is 5.10 Å². The number of anilines is 1. The van der Waals surface area contributed by atoms with Crippen LogP contribution in [0.25, 0.3) is 10.9 Å². The van der Waals surface area contributed by atoms with E-state index in [1.165, 1.54) is 5.56 Å². The lowest BCUT2D eigenvalue weighted by molar-refractivity contribution is 0.319. The molecule has 3 rings (SSSR count). The molecular weight excluding hydrogens is 262 g/mol. The van der Waals surface area contributed by atoms with Crippen molar-refractivity contribution in [3.63, 3.8) is 0 Å². The van der Waals surface area contributed by atoms with E-state index in [-0.39, 0.29) is 0 Å². The molecule has 0 unspecified atom stereocenters. The number of nitrogen functional groups attached to an aromatic ring is 1. The van der Waals surface area contributed by atoms with Crippen molar-refractivity contribution >= 4 is 16.7 Å². The molecule has 3 aromatic rings. The summed E-state index contributed by atoms with van der Waals surface area (Å²) < 4.78 is 1.81. The van der Waals surface area contributed by atoms with Gasteiger partial charge in [-0.05, 0) is 19.2 Å². The number of fused-ring (bicyclic) bond motifs is 1. The van der Waals surface area contributed by atoms with Crippen LogP contribution in [0.3, 0.4) is 0 Å². The van der Waals surface area contributed by atoms with Gasteiger partial charge in [0, 0.05) is 42.8 Å². The third-order valence-corrected chi connectivity index (χ3v) is 3.49. The number of hydrogen-bond acceptors (Lipinski definition) is 4. The highest BCUT2D eigenvalue weighted by Crippen LogP contribution is 2.19. The smallest absolute Gasteiger partial charge is 0.128 e. The molecule has 0 spiro atoms. The average Bonchev–Trinajstić information content (AvgIpc) is 2.85. The van der Waals surface area contributed by atoms with E-state index in [0.717, 1.165) is 29.6 Å². The molecule has 2 heterocycles. The second kappa shape index (κ2) is 5.54. The minimum Gasteiger partial charge on any atom is -0.383 e. The van der Waals surface area contributed by atoms with Gasteiger partial charge in [0.15, 0.2) is 0 Å². The van der Waals surface area contributed by atoms with E-state index in [2.05, 4.69) is 34.2 Å². The molecule has 1 aromatic carbocycles. The molecule has 2 aromatic heterocycles. The van der Waals surface area contributed by atoms with Crippen LogP contribution < -0.4 is 5.73 Å². The van der Waals surface area contributed by atoms with E-state index in [0.29, 0.717) is 5.82 Å². The van der Waals surface area contributed by atoms with Crippen LogP contribution in [0, 0.1) is 0 Å².